The van der Waals surface area contributed by atoms with Gasteiger partial charge in [-0.25, -0.2) is 8.42 Å². The summed E-state index contributed by atoms with van der Waals surface area (Å²) in [6.45, 7) is 2.51. The van der Waals surface area contributed by atoms with Gasteiger partial charge in [-0.05, 0) is 31.2 Å². The van der Waals surface area contributed by atoms with Gasteiger partial charge in [0.1, 0.15) is 0 Å². The quantitative estimate of drug-likeness (QED) is 0.873. The molecule has 1 aromatic rings. The number of rotatable bonds is 6. The first-order valence-electron chi connectivity index (χ1n) is 6.14. The largest absolute Gasteiger partial charge is 0.383 e. The Morgan fingerprint density at radius 3 is 2.56 bits per heavy atom. The van der Waals surface area contributed by atoms with Crippen molar-refractivity contribution in [3.05, 3.63) is 24.3 Å². The molecule has 0 aromatic heterocycles. The van der Waals surface area contributed by atoms with Crippen LogP contribution in [0.4, 0.5) is 5.69 Å². The first-order chi connectivity index (χ1) is 8.53. The van der Waals surface area contributed by atoms with Gasteiger partial charge in [-0.1, -0.05) is 19.1 Å². The van der Waals surface area contributed by atoms with Crippen molar-refractivity contribution in [3.63, 3.8) is 0 Å². The first kappa shape index (κ1) is 13.7. The van der Waals surface area contributed by atoms with Gasteiger partial charge in [-0.2, -0.15) is 11.8 Å². The van der Waals surface area contributed by atoms with Crippen molar-refractivity contribution in [2.24, 2.45) is 0 Å². The summed E-state index contributed by atoms with van der Waals surface area (Å²) in [5.41, 5.74) is 0.736. The van der Waals surface area contributed by atoms with Crippen molar-refractivity contribution >= 4 is 27.3 Å². The Hall–Kier alpha value is -0.680. The third-order valence-electron chi connectivity index (χ3n) is 3.44. The van der Waals surface area contributed by atoms with Crippen molar-refractivity contribution in [2.75, 3.05) is 23.9 Å². The Kier molecular flexibility index (Phi) is 3.92. The lowest BCUT2D eigenvalue weighted by atomic mass is 10.3. The molecular formula is C13H19NO2S2. The number of anilines is 1. The van der Waals surface area contributed by atoms with Gasteiger partial charge < -0.3 is 5.32 Å². The third-order valence-corrected chi connectivity index (χ3v) is 6.65. The average Bonchev–Trinajstić information content (AvgIpc) is 3.17. The minimum absolute atomic E-state index is 0.138. The second-order valence-electron chi connectivity index (χ2n) is 4.64. The summed E-state index contributed by atoms with van der Waals surface area (Å²) in [5.74, 6) is 0.138. The van der Waals surface area contributed by atoms with E-state index >= 15 is 0 Å². The normalized spacial score (nSPS) is 17.4. The molecule has 0 aliphatic heterocycles. The van der Waals surface area contributed by atoms with E-state index in [0.717, 1.165) is 12.2 Å². The summed E-state index contributed by atoms with van der Waals surface area (Å²) < 4.78 is 24.3. The van der Waals surface area contributed by atoms with E-state index < -0.39 is 9.84 Å². The molecule has 0 amide bonds. The van der Waals surface area contributed by atoms with Crippen molar-refractivity contribution in [3.8, 4) is 0 Å². The van der Waals surface area contributed by atoms with E-state index in [-0.39, 0.29) is 5.75 Å². The molecule has 0 radical (unpaired) electrons. The van der Waals surface area contributed by atoms with Crippen molar-refractivity contribution in [1.82, 2.24) is 0 Å². The zero-order chi connectivity index (χ0) is 13.2. The van der Waals surface area contributed by atoms with E-state index in [0.29, 0.717) is 9.64 Å². The van der Waals surface area contributed by atoms with E-state index in [9.17, 15) is 8.42 Å². The Morgan fingerprint density at radius 2 is 2.00 bits per heavy atom. The second-order valence-corrected chi connectivity index (χ2v) is 8.16. The number of sulfone groups is 1. The number of nitrogens with one attached hydrogen (secondary N) is 1. The third kappa shape index (κ3) is 2.83. The maximum absolute atomic E-state index is 12.0. The first-order valence-corrected chi connectivity index (χ1v) is 9.01. The van der Waals surface area contributed by atoms with E-state index in [1.54, 1.807) is 19.1 Å². The molecule has 1 fully saturated rings. The highest BCUT2D eigenvalue weighted by atomic mass is 32.2. The van der Waals surface area contributed by atoms with Crippen LogP contribution in [0, 0.1) is 0 Å². The zero-order valence-corrected chi connectivity index (χ0v) is 12.4. The molecule has 0 spiro atoms. The van der Waals surface area contributed by atoms with Gasteiger partial charge in [0.15, 0.2) is 9.84 Å². The van der Waals surface area contributed by atoms with Crippen LogP contribution in [-0.4, -0.2) is 31.7 Å². The fraction of sp³-hybridized carbons (Fsp3) is 0.538. The molecule has 2 rings (SSSR count). The summed E-state index contributed by atoms with van der Waals surface area (Å²) >= 11 is 1.86. The molecule has 3 nitrogen and oxygen atoms in total. The van der Waals surface area contributed by atoms with E-state index in [4.69, 9.17) is 0 Å². The molecule has 1 saturated carbocycles. The van der Waals surface area contributed by atoms with E-state index in [1.807, 2.05) is 23.9 Å². The smallest absolute Gasteiger partial charge is 0.180 e. The molecule has 1 aromatic carbocycles. The van der Waals surface area contributed by atoms with Crippen LogP contribution < -0.4 is 5.32 Å². The Morgan fingerprint density at radius 1 is 1.33 bits per heavy atom. The summed E-state index contributed by atoms with van der Waals surface area (Å²) in [6.07, 6.45) is 4.54. The highest BCUT2D eigenvalue weighted by Gasteiger charge is 2.41. The van der Waals surface area contributed by atoms with Crippen molar-refractivity contribution in [2.45, 2.75) is 29.4 Å². The maximum atomic E-state index is 12.0. The van der Waals surface area contributed by atoms with Gasteiger partial charge in [0.2, 0.25) is 0 Å². The molecule has 1 aliphatic carbocycles. The minimum atomic E-state index is -3.15. The van der Waals surface area contributed by atoms with Gasteiger partial charge in [-0.3, -0.25) is 0 Å². The molecule has 0 unspecified atom stereocenters. The van der Waals surface area contributed by atoms with Gasteiger partial charge >= 0.3 is 0 Å². The SMILES string of the molecule is CCS(=O)(=O)c1ccccc1NCC1(SC)CC1. The Labute approximate surface area is 113 Å². The van der Waals surface area contributed by atoms with Crippen LogP contribution in [0.5, 0.6) is 0 Å². The van der Waals surface area contributed by atoms with Crippen LogP contribution in [0.3, 0.4) is 0 Å². The van der Waals surface area contributed by atoms with Crippen LogP contribution in [0.15, 0.2) is 29.2 Å². The van der Waals surface area contributed by atoms with Gasteiger partial charge in [0.25, 0.3) is 0 Å². The van der Waals surface area contributed by atoms with E-state index in [1.165, 1.54) is 12.8 Å². The minimum Gasteiger partial charge on any atom is -0.383 e. The number of para-hydroxylation sites is 1. The summed E-state index contributed by atoms with van der Waals surface area (Å²) in [6, 6.07) is 7.17. The molecule has 1 N–H and O–H groups in total. The lowest BCUT2D eigenvalue weighted by molar-refractivity contribution is 0.597. The van der Waals surface area contributed by atoms with Crippen LogP contribution in [0.25, 0.3) is 0 Å². The number of benzene rings is 1. The molecule has 5 heteroatoms. The van der Waals surface area contributed by atoms with Crippen LogP contribution in [0.2, 0.25) is 0 Å². The fourth-order valence-electron chi connectivity index (χ4n) is 1.89. The average molecular weight is 285 g/mol. The summed E-state index contributed by atoms with van der Waals surface area (Å²) in [5, 5.41) is 3.31. The Balaban J connectivity index is 2.18. The molecule has 0 saturated heterocycles. The standard InChI is InChI=1S/C13H19NO2S2/c1-3-18(15,16)12-7-5-4-6-11(12)14-10-13(17-2)8-9-13/h4-7,14H,3,8-10H2,1-2H3. The lowest BCUT2D eigenvalue weighted by Crippen LogP contribution is -2.19. The molecule has 18 heavy (non-hydrogen) atoms. The monoisotopic (exact) mass is 285 g/mol. The topological polar surface area (TPSA) is 46.2 Å². The molecule has 0 bridgehead atoms. The predicted octanol–water partition coefficient (Wildman–Crippen LogP) is 2.79. The lowest BCUT2D eigenvalue weighted by Gasteiger charge is -2.16. The Bertz CT molecular complexity index is 522. The highest BCUT2D eigenvalue weighted by molar-refractivity contribution is 8.00. The fourth-order valence-corrected chi connectivity index (χ4v) is 3.69. The van der Waals surface area contributed by atoms with Gasteiger partial charge in [0, 0.05) is 11.3 Å². The summed E-state index contributed by atoms with van der Waals surface area (Å²) in [4.78, 5) is 0.421. The molecule has 100 valence electrons. The van der Waals surface area contributed by atoms with Crippen molar-refractivity contribution < 1.29 is 8.42 Å². The molecular weight excluding hydrogens is 266 g/mol. The maximum Gasteiger partial charge on any atom is 0.180 e. The molecule has 0 heterocycles. The van der Waals surface area contributed by atoms with Crippen LogP contribution >= 0.6 is 11.8 Å². The summed E-state index contributed by atoms with van der Waals surface area (Å²) in [7, 11) is -3.15. The highest BCUT2D eigenvalue weighted by Crippen LogP contribution is 2.47. The number of hydrogen-bond donors (Lipinski definition) is 1. The molecule has 1 aliphatic rings. The van der Waals surface area contributed by atoms with E-state index in [2.05, 4.69) is 11.6 Å². The van der Waals surface area contributed by atoms with Crippen LogP contribution in [0.1, 0.15) is 19.8 Å². The number of hydrogen-bond acceptors (Lipinski definition) is 4. The zero-order valence-electron chi connectivity index (χ0n) is 10.8. The molecule has 0 atom stereocenters. The van der Waals surface area contributed by atoms with Crippen molar-refractivity contribution in [1.29, 1.82) is 0 Å². The predicted molar refractivity (Wildman–Crippen MR) is 78.1 cm³/mol. The second kappa shape index (κ2) is 5.13. The number of thioether (sulfide) groups is 1. The van der Waals surface area contributed by atoms with Crippen LogP contribution in [-0.2, 0) is 9.84 Å². The van der Waals surface area contributed by atoms with Gasteiger partial charge in [-0.15, -0.1) is 0 Å². The van der Waals surface area contributed by atoms with Gasteiger partial charge in [0.05, 0.1) is 16.3 Å².